The molecular weight excluding hydrogens is 320 g/mol. The minimum atomic E-state index is -3.00. The summed E-state index contributed by atoms with van der Waals surface area (Å²) in [5, 5.41) is 0. The van der Waals surface area contributed by atoms with Gasteiger partial charge in [0.05, 0.1) is 27.2 Å². The van der Waals surface area contributed by atoms with Crippen LogP contribution in [0, 0.1) is 0 Å². The molecule has 0 saturated carbocycles. The molecule has 1 aromatic heterocycles. The lowest BCUT2D eigenvalue weighted by molar-refractivity contribution is 0.0697. The first-order chi connectivity index (χ1) is 10.5. The van der Waals surface area contributed by atoms with E-state index in [0.29, 0.717) is 18.5 Å². The maximum atomic E-state index is 12.8. The molecule has 0 bridgehead atoms. The summed E-state index contributed by atoms with van der Waals surface area (Å²) in [5.41, 5.74) is 3.24. The highest BCUT2D eigenvalue weighted by Crippen LogP contribution is 2.23. The third-order valence-electron chi connectivity index (χ3n) is 3.95. The standard InChI is InChI=1S/C15H18N2O3S2/c1-2-6-17(12-5-7-22(19,20)9-12)15(18)11-3-4-13-14(8-11)21-10-16-13/h3-4,8,10,12H,2,5-7,9H2,1H3/t12-/m1/s1. The van der Waals surface area contributed by atoms with Gasteiger partial charge in [0.25, 0.3) is 5.91 Å². The van der Waals surface area contributed by atoms with Crippen LogP contribution in [0.15, 0.2) is 23.7 Å². The molecular formula is C15H18N2O3S2. The molecule has 22 heavy (non-hydrogen) atoms. The minimum Gasteiger partial charge on any atom is -0.335 e. The maximum absolute atomic E-state index is 12.8. The summed E-state index contributed by atoms with van der Waals surface area (Å²) in [5.74, 6) is 0.180. The Hall–Kier alpha value is -1.47. The lowest BCUT2D eigenvalue weighted by Gasteiger charge is -2.28. The van der Waals surface area contributed by atoms with Crippen molar-refractivity contribution in [3.05, 3.63) is 29.3 Å². The summed E-state index contributed by atoms with van der Waals surface area (Å²) in [7, 11) is -3.00. The lowest BCUT2D eigenvalue weighted by Crippen LogP contribution is -2.41. The van der Waals surface area contributed by atoms with Crippen LogP contribution in [0.2, 0.25) is 0 Å². The molecule has 0 unspecified atom stereocenters. The number of nitrogens with zero attached hydrogens (tertiary/aromatic N) is 2. The van der Waals surface area contributed by atoms with E-state index >= 15 is 0 Å². The number of fused-ring (bicyclic) bond motifs is 1. The number of rotatable bonds is 4. The topological polar surface area (TPSA) is 67.3 Å². The summed E-state index contributed by atoms with van der Waals surface area (Å²) < 4.78 is 24.4. The number of benzene rings is 1. The van der Waals surface area contributed by atoms with E-state index in [2.05, 4.69) is 4.98 Å². The Labute approximate surface area is 133 Å². The average Bonchev–Trinajstić information content (AvgIpc) is 3.09. The van der Waals surface area contributed by atoms with Crippen molar-refractivity contribution in [3.63, 3.8) is 0 Å². The quantitative estimate of drug-likeness (QED) is 0.858. The molecule has 3 rings (SSSR count). The molecule has 1 amide bonds. The fourth-order valence-corrected chi connectivity index (χ4v) is 5.31. The lowest BCUT2D eigenvalue weighted by atomic mass is 10.1. The Morgan fingerprint density at radius 2 is 2.27 bits per heavy atom. The largest absolute Gasteiger partial charge is 0.335 e. The Balaban J connectivity index is 1.88. The molecule has 0 aliphatic carbocycles. The molecule has 1 saturated heterocycles. The van der Waals surface area contributed by atoms with Gasteiger partial charge in [-0.1, -0.05) is 6.92 Å². The third-order valence-corrected chi connectivity index (χ3v) is 6.49. The van der Waals surface area contributed by atoms with Gasteiger partial charge in [0.15, 0.2) is 9.84 Å². The van der Waals surface area contributed by atoms with Crippen molar-refractivity contribution in [2.45, 2.75) is 25.8 Å². The van der Waals surface area contributed by atoms with Crippen LogP contribution >= 0.6 is 11.3 Å². The van der Waals surface area contributed by atoms with Crippen LogP contribution in [-0.4, -0.2) is 48.3 Å². The number of carbonyl (C=O) groups is 1. The highest BCUT2D eigenvalue weighted by Gasteiger charge is 2.34. The zero-order chi connectivity index (χ0) is 15.7. The normalized spacial score (nSPS) is 20.3. The van der Waals surface area contributed by atoms with Crippen LogP contribution in [0.1, 0.15) is 30.1 Å². The molecule has 1 atom stereocenters. The van der Waals surface area contributed by atoms with Crippen molar-refractivity contribution in [2.24, 2.45) is 0 Å². The van der Waals surface area contributed by atoms with E-state index in [1.54, 1.807) is 16.5 Å². The Kier molecular flexibility index (Phi) is 4.18. The van der Waals surface area contributed by atoms with Gasteiger partial charge < -0.3 is 4.90 Å². The number of aromatic nitrogens is 1. The van der Waals surface area contributed by atoms with Crippen molar-refractivity contribution in [3.8, 4) is 0 Å². The molecule has 0 spiro atoms. The summed E-state index contributed by atoms with van der Waals surface area (Å²) in [6.07, 6.45) is 1.35. The molecule has 2 heterocycles. The Morgan fingerprint density at radius 3 is 2.95 bits per heavy atom. The molecule has 7 heteroatoms. The van der Waals surface area contributed by atoms with Gasteiger partial charge in [0.1, 0.15) is 0 Å². The molecule has 1 fully saturated rings. The fourth-order valence-electron chi connectivity index (χ4n) is 2.87. The second kappa shape index (κ2) is 5.96. The van der Waals surface area contributed by atoms with Crippen molar-refractivity contribution < 1.29 is 13.2 Å². The van der Waals surface area contributed by atoms with E-state index in [9.17, 15) is 13.2 Å². The van der Waals surface area contributed by atoms with Gasteiger partial charge in [-0.25, -0.2) is 13.4 Å². The minimum absolute atomic E-state index is 0.0840. The summed E-state index contributed by atoms with van der Waals surface area (Å²) in [4.78, 5) is 18.8. The SMILES string of the molecule is CCCN(C(=O)c1ccc2ncsc2c1)[C@@H]1CCS(=O)(=O)C1. The van der Waals surface area contributed by atoms with Gasteiger partial charge in [0, 0.05) is 18.2 Å². The van der Waals surface area contributed by atoms with E-state index in [0.717, 1.165) is 16.6 Å². The van der Waals surface area contributed by atoms with E-state index in [1.807, 2.05) is 19.1 Å². The Morgan fingerprint density at radius 1 is 1.45 bits per heavy atom. The van der Waals surface area contributed by atoms with E-state index in [-0.39, 0.29) is 23.5 Å². The van der Waals surface area contributed by atoms with Crippen LogP contribution in [0.25, 0.3) is 10.2 Å². The average molecular weight is 338 g/mol. The predicted molar refractivity (Wildman–Crippen MR) is 88.0 cm³/mol. The van der Waals surface area contributed by atoms with Crippen molar-refractivity contribution >= 4 is 37.3 Å². The molecule has 1 aliphatic heterocycles. The van der Waals surface area contributed by atoms with Crippen molar-refractivity contribution in [1.82, 2.24) is 9.88 Å². The second-order valence-electron chi connectivity index (χ2n) is 5.59. The zero-order valence-electron chi connectivity index (χ0n) is 12.4. The van der Waals surface area contributed by atoms with Crippen LogP contribution in [0.4, 0.5) is 0 Å². The van der Waals surface area contributed by atoms with Gasteiger partial charge >= 0.3 is 0 Å². The summed E-state index contributed by atoms with van der Waals surface area (Å²) in [6, 6.07) is 5.27. The smallest absolute Gasteiger partial charge is 0.254 e. The third kappa shape index (κ3) is 3.01. The second-order valence-corrected chi connectivity index (χ2v) is 8.71. The van der Waals surface area contributed by atoms with Crippen LogP contribution in [0.5, 0.6) is 0 Å². The summed E-state index contributed by atoms with van der Waals surface area (Å²) in [6.45, 7) is 2.58. The molecule has 118 valence electrons. The first-order valence-electron chi connectivity index (χ1n) is 7.35. The maximum Gasteiger partial charge on any atom is 0.254 e. The van der Waals surface area contributed by atoms with Gasteiger partial charge in [-0.3, -0.25) is 4.79 Å². The number of hydrogen-bond acceptors (Lipinski definition) is 5. The first kappa shape index (κ1) is 15.4. The van der Waals surface area contributed by atoms with E-state index < -0.39 is 9.84 Å². The predicted octanol–water partition coefficient (Wildman–Crippen LogP) is 2.34. The molecule has 2 aromatic rings. The van der Waals surface area contributed by atoms with Gasteiger partial charge in [-0.2, -0.15) is 0 Å². The molecule has 5 nitrogen and oxygen atoms in total. The van der Waals surface area contributed by atoms with E-state index in [4.69, 9.17) is 0 Å². The number of sulfone groups is 1. The number of thiazole rings is 1. The number of carbonyl (C=O) groups excluding carboxylic acids is 1. The van der Waals surface area contributed by atoms with Gasteiger partial charge in [0.2, 0.25) is 0 Å². The number of hydrogen-bond donors (Lipinski definition) is 0. The highest BCUT2D eigenvalue weighted by atomic mass is 32.2. The first-order valence-corrected chi connectivity index (χ1v) is 10.0. The summed E-state index contributed by atoms with van der Waals surface area (Å²) >= 11 is 1.50. The van der Waals surface area contributed by atoms with E-state index in [1.165, 1.54) is 11.3 Å². The molecule has 1 aliphatic rings. The van der Waals surface area contributed by atoms with Gasteiger partial charge in [-0.15, -0.1) is 11.3 Å². The molecule has 0 N–H and O–H groups in total. The van der Waals surface area contributed by atoms with Gasteiger partial charge in [-0.05, 0) is 31.0 Å². The van der Waals surface area contributed by atoms with Crippen molar-refractivity contribution in [2.75, 3.05) is 18.1 Å². The zero-order valence-corrected chi connectivity index (χ0v) is 14.0. The van der Waals surface area contributed by atoms with Crippen LogP contribution in [-0.2, 0) is 9.84 Å². The fraction of sp³-hybridized carbons (Fsp3) is 0.467. The monoisotopic (exact) mass is 338 g/mol. The van der Waals surface area contributed by atoms with Crippen molar-refractivity contribution in [1.29, 1.82) is 0 Å². The van der Waals surface area contributed by atoms with Crippen LogP contribution in [0.3, 0.4) is 0 Å². The molecule has 1 aromatic carbocycles. The Bertz CT molecular complexity index is 798. The number of amides is 1. The molecule has 0 radical (unpaired) electrons. The highest BCUT2D eigenvalue weighted by molar-refractivity contribution is 7.91. The van der Waals surface area contributed by atoms with Crippen LogP contribution < -0.4 is 0 Å².